The van der Waals surface area contributed by atoms with E-state index < -0.39 is 10.0 Å². The minimum Gasteiger partial charge on any atom is -0.290 e. The first kappa shape index (κ1) is 14.2. The Balaban J connectivity index is 2.03. The molecule has 1 atom stereocenters. The van der Waals surface area contributed by atoms with Crippen molar-refractivity contribution in [2.45, 2.75) is 25.8 Å². The molecule has 0 spiro atoms. The molecule has 0 unspecified atom stereocenters. The Morgan fingerprint density at radius 3 is 2.81 bits per heavy atom. The molecule has 1 saturated heterocycles. The Morgan fingerprint density at radius 1 is 1.33 bits per heavy atom. The van der Waals surface area contributed by atoms with E-state index in [-0.39, 0.29) is 6.04 Å². The first-order chi connectivity index (χ1) is 9.95. The van der Waals surface area contributed by atoms with Crippen LogP contribution in [0.3, 0.4) is 0 Å². The summed E-state index contributed by atoms with van der Waals surface area (Å²) < 4.78 is 27.0. The van der Waals surface area contributed by atoms with E-state index in [1.807, 2.05) is 13.0 Å². The molecule has 8 heteroatoms. The molecule has 0 N–H and O–H groups in total. The number of nitrogens with zero attached hydrogens (tertiary/aromatic N) is 5. The molecule has 0 aromatic carbocycles. The molecular formula is C13H17N5O2S. The largest absolute Gasteiger partial charge is 0.290 e. The molecule has 7 nitrogen and oxygen atoms in total. The van der Waals surface area contributed by atoms with E-state index in [0.29, 0.717) is 18.2 Å². The summed E-state index contributed by atoms with van der Waals surface area (Å²) in [7, 11) is -3.25. The van der Waals surface area contributed by atoms with Gasteiger partial charge < -0.3 is 0 Å². The summed E-state index contributed by atoms with van der Waals surface area (Å²) in [6.07, 6.45) is 7.95. The summed E-state index contributed by atoms with van der Waals surface area (Å²) in [5, 5.41) is 0. The van der Waals surface area contributed by atoms with Gasteiger partial charge in [0.05, 0.1) is 12.3 Å². The smallest absolute Gasteiger partial charge is 0.211 e. The molecule has 0 aliphatic carbocycles. The van der Waals surface area contributed by atoms with Gasteiger partial charge in [0.2, 0.25) is 10.0 Å². The van der Waals surface area contributed by atoms with Crippen LogP contribution in [0.4, 0.5) is 0 Å². The lowest BCUT2D eigenvalue weighted by atomic mass is 10.2. The second-order valence-corrected chi connectivity index (χ2v) is 7.16. The normalized spacial score (nSPS) is 20.0. The third-order valence-electron chi connectivity index (χ3n) is 3.55. The molecule has 1 aliphatic rings. The maximum atomic E-state index is 11.9. The van der Waals surface area contributed by atoms with Crippen molar-refractivity contribution in [1.29, 1.82) is 0 Å². The zero-order valence-corrected chi connectivity index (χ0v) is 12.8. The lowest BCUT2D eigenvalue weighted by Crippen LogP contribution is -2.30. The number of sulfonamides is 1. The molecule has 2 aromatic rings. The van der Waals surface area contributed by atoms with Gasteiger partial charge in [-0.2, -0.15) is 4.31 Å². The molecule has 0 amide bonds. The average molecular weight is 307 g/mol. The van der Waals surface area contributed by atoms with Crippen LogP contribution in [-0.2, 0) is 10.0 Å². The first-order valence-electron chi connectivity index (χ1n) is 6.76. The number of aromatic nitrogens is 4. The van der Waals surface area contributed by atoms with Crippen LogP contribution in [0.2, 0.25) is 0 Å². The standard InChI is InChI=1S/C13H17N5O2S/c1-10-8-12(17-7-5-14-9-17)16-13(15-10)11-4-3-6-18(11)21(2,19)20/h5,7-9,11H,3-4,6H2,1-2H3/t11-/m0/s1. The Labute approximate surface area is 123 Å². The van der Waals surface area contributed by atoms with Crippen molar-refractivity contribution >= 4 is 10.0 Å². The number of imidazole rings is 1. The second kappa shape index (κ2) is 5.19. The third kappa shape index (κ3) is 2.81. The van der Waals surface area contributed by atoms with E-state index in [1.54, 1.807) is 23.3 Å². The Morgan fingerprint density at radius 2 is 2.14 bits per heavy atom. The Bertz CT molecular complexity index is 742. The van der Waals surface area contributed by atoms with Gasteiger partial charge in [-0.3, -0.25) is 4.57 Å². The van der Waals surface area contributed by atoms with Gasteiger partial charge in [0.25, 0.3) is 0 Å². The van der Waals surface area contributed by atoms with E-state index in [9.17, 15) is 8.42 Å². The van der Waals surface area contributed by atoms with Crippen molar-refractivity contribution in [3.63, 3.8) is 0 Å². The maximum Gasteiger partial charge on any atom is 0.211 e. The van der Waals surface area contributed by atoms with Crippen molar-refractivity contribution in [2.24, 2.45) is 0 Å². The second-order valence-electron chi connectivity index (χ2n) is 5.23. The van der Waals surface area contributed by atoms with Gasteiger partial charge >= 0.3 is 0 Å². The fourth-order valence-electron chi connectivity index (χ4n) is 2.65. The highest BCUT2D eigenvalue weighted by Crippen LogP contribution is 2.32. The van der Waals surface area contributed by atoms with E-state index in [0.717, 1.165) is 18.5 Å². The molecule has 2 aromatic heterocycles. The highest BCUT2D eigenvalue weighted by Gasteiger charge is 2.34. The predicted octanol–water partition coefficient (Wildman–Crippen LogP) is 1.07. The summed E-state index contributed by atoms with van der Waals surface area (Å²) in [6, 6.07) is 1.58. The number of hydrogen-bond acceptors (Lipinski definition) is 5. The van der Waals surface area contributed by atoms with Gasteiger partial charge in [-0.05, 0) is 19.8 Å². The lowest BCUT2D eigenvalue weighted by Gasteiger charge is -2.21. The summed E-state index contributed by atoms with van der Waals surface area (Å²) in [4.78, 5) is 13.0. The molecule has 3 rings (SSSR count). The fourth-order valence-corrected chi connectivity index (χ4v) is 3.77. The van der Waals surface area contributed by atoms with Crippen molar-refractivity contribution < 1.29 is 8.42 Å². The molecule has 0 bridgehead atoms. The number of rotatable bonds is 3. The topological polar surface area (TPSA) is 81.0 Å². The van der Waals surface area contributed by atoms with Gasteiger partial charge in [0.15, 0.2) is 0 Å². The van der Waals surface area contributed by atoms with Gasteiger partial charge in [0, 0.05) is 30.7 Å². The van der Waals surface area contributed by atoms with Crippen molar-refractivity contribution in [1.82, 2.24) is 23.8 Å². The SMILES string of the molecule is Cc1cc(-n2ccnc2)nc([C@@H]2CCCN2S(C)(=O)=O)n1. The average Bonchev–Trinajstić information content (AvgIpc) is 3.09. The first-order valence-corrected chi connectivity index (χ1v) is 8.61. The van der Waals surface area contributed by atoms with Gasteiger partial charge in [-0.15, -0.1) is 0 Å². The Hall–Kier alpha value is -1.80. The van der Waals surface area contributed by atoms with Crippen LogP contribution in [0.25, 0.3) is 5.82 Å². The number of aryl methyl sites for hydroxylation is 1. The van der Waals surface area contributed by atoms with Gasteiger partial charge in [-0.25, -0.2) is 23.4 Å². The van der Waals surface area contributed by atoms with E-state index in [2.05, 4.69) is 15.0 Å². The van der Waals surface area contributed by atoms with Crippen LogP contribution in [0.15, 0.2) is 24.8 Å². The maximum absolute atomic E-state index is 11.9. The lowest BCUT2D eigenvalue weighted by molar-refractivity contribution is 0.386. The molecule has 3 heterocycles. The minimum absolute atomic E-state index is 0.276. The van der Waals surface area contributed by atoms with Crippen molar-refractivity contribution in [3.8, 4) is 5.82 Å². The van der Waals surface area contributed by atoms with Crippen LogP contribution < -0.4 is 0 Å². The van der Waals surface area contributed by atoms with Gasteiger partial charge in [0.1, 0.15) is 18.0 Å². The third-order valence-corrected chi connectivity index (χ3v) is 4.84. The highest BCUT2D eigenvalue weighted by molar-refractivity contribution is 7.88. The van der Waals surface area contributed by atoms with Crippen LogP contribution in [0, 0.1) is 6.92 Å². The van der Waals surface area contributed by atoms with E-state index >= 15 is 0 Å². The molecule has 0 radical (unpaired) electrons. The minimum atomic E-state index is -3.25. The van der Waals surface area contributed by atoms with Crippen LogP contribution >= 0.6 is 0 Å². The monoisotopic (exact) mass is 307 g/mol. The zero-order valence-electron chi connectivity index (χ0n) is 12.0. The summed E-state index contributed by atoms with van der Waals surface area (Å²) in [5.41, 5.74) is 0.809. The number of hydrogen-bond donors (Lipinski definition) is 0. The summed E-state index contributed by atoms with van der Waals surface area (Å²) in [6.45, 7) is 2.41. The molecule has 0 saturated carbocycles. The van der Waals surface area contributed by atoms with Crippen LogP contribution in [0.1, 0.15) is 30.4 Å². The van der Waals surface area contributed by atoms with Crippen molar-refractivity contribution in [3.05, 3.63) is 36.3 Å². The molecule has 1 fully saturated rings. The quantitative estimate of drug-likeness (QED) is 0.847. The molecule has 21 heavy (non-hydrogen) atoms. The Kier molecular flexibility index (Phi) is 3.50. The van der Waals surface area contributed by atoms with Crippen LogP contribution in [-0.4, -0.2) is 45.0 Å². The van der Waals surface area contributed by atoms with Gasteiger partial charge in [-0.1, -0.05) is 0 Å². The van der Waals surface area contributed by atoms with E-state index in [1.165, 1.54) is 10.6 Å². The summed E-state index contributed by atoms with van der Waals surface area (Å²) >= 11 is 0. The van der Waals surface area contributed by atoms with E-state index in [4.69, 9.17) is 0 Å². The highest BCUT2D eigenvalue weighted by atomic mass is 32.2. The zero-order chi connectivity index (χ0) is 15.0. The predicted molar refractivity (Wildman–Crippen MR) is 77.4 cm³/mol. The molecular weight excluding hydrogens is 290 g/mol. The van der Waals surface area contributed by atoms with Crippen LogP contribution in [0.5, 0.6) is 0 Å². The summed E-state index contributed by atoms with van der Waals surface area (Å²) in [5.74, 6) is 1.26. The fraction of sp³-hybridized carbons (Fsp3) is 0.462. The molecule has 1 aliphatic heterocycles. The molecule has 112 valence electrons. The van der Waals surface area contributed by atoms with Crippen molar-refractivity contribution in [2.75, 3.05) is 12.8 Å².